The van der Waals surface area contributed by atoms with Crippen molar-refractivity contribution in [2.45, 2.75) is 13.3 Å². The van der Waals surface area contributed by atoms with Crippen molar-refractivity contribution >= 4 is 40.4 Å². The maximum absolute atomic E-state index is 6.43. The van der Waals surface area contributed by atoms with E-state index in [2.05, 4.69) is 10.1 Å². The summed E-state index contributed by atoms with van der Waals surface area (Å²) < 4.78 is 1.61. The van der Waals surface area contributed by atoms with Gasteiger partial charge >= 0.3 is 0 Å². The minimum absolute atomic E-state index is 0.354. The van der Waals surface area contributed by atoms with Crippen molar-refractivity contribution in [3.05, 3.63) is 51.4 Å². The molecule has 0 unspecified atom stereocenters. The van der Waals surface area contributed by atoms with Gasteiger partial charge in [-0.05, 0) is 24.1 Å². The van der Waals surface area contributed by atoms with E-state index in [4.69, 9.17) is 34.8 Å². The number of fused-ring (bicyclic) bond motifs is 1. The Hall–Kier alpha value is -1.29. The SMILES string of the molecule is CCc1cc2nc(Cl)c(-c3ccc(Cl)cc3)c(Cl)n2n1. The van der Waals surface area contributed by atoms with Gasteiger partial charge in [-0.2, -0.15) is 5.10 Å². The molecule has 0 saturated carbocycles. The van der Waals surface area contributed by atoms with Crippen molar-refractivity contribution in [1.82, 2.24) is 14.6 Å². The van der Waals surface area contributed by atoms with E-state index in [0.717, 1.165) is 17.7 Å². The maximum atomic E-state index is 6.43. The average Bonchev–Trinajstić information content (AvgIpc) is 2.84. The molecule has 0 saturated heterocycles. The van der Waals surface area contributed by atoms with Crippen molar-refractivity contribution in [2.75, 3.05) is 0 Å². The Bertz CT molecular complexity index is 778. The molecule has 0 N–H and O–H groups in total. The summed E-state index contributed by atoms with van der Waals surface area (Å²) in [5.74, 6) is 0. The molecule has 0 atom stereocenters. The van der Waals surface area contributed by atoms with E-state index in [-0.39, 0.29) is 0 Å². The Morgan fingerprint density at radius 1 is 1.10 bits per heavy atom. The molecule has 1 aromatic carbocycles. The number of aryl methyl sites for hydroxylation is 1. The molecule has 102 valence electrons. The molecule has 2 heterocycles. The zero-order valence-electron chi connectivity index (χ0n) is 10.6. The van der Waals surface area contributed by atoms with Crippen LogP contribution in [0.25, 0.3) is 16.8 Å². The van der Waals surface area contributed by atoms with Crippen molar-refractivity contribution in [2.24, 2.45) is 0 Å². The summed E-state index contributed by atoms with van der Waals surface area (Å²) in [4.78, 5) is 4.35. The van der Waals surface area contributed by atoms with Crippen LogP contribution in [0.4, 0.5) is 0 Å². The first-order valence-electron chi connectivity index (χ1n) is 6.09. The number of hydrogen-bond acceptors (Lipinski definition) is 2. The number of benzene rings is 1. The third-order valence-electron chi connectivity index (χ3n) is 3.05. The van der Waals surface area contributed by atoms with E-state index in [1.807, 2.05) is 25.1 Å². The van der Waals surface area contributed by atoms with Crippen molar-refractivity contribution in [3.8, 4) is 11.1 Å². The van der Waals surface area contributed by atoms with Crippen molar-refractivity contribution in [3.63, 3.8) is 0 Å². The van der Waals surface area contributed by atoms with E-state index < -0.39 is 0 Å². The summed E-state index contributed by atoms with van der Waals surface area (Å²) in [6, 6.07) is 9.16. The van der Waals surface area contributed by atoms with Gasteiger partial charge in [-0.25, -0.2) is 9.50 Å². The van der Waals surface area contributed by atoms with Gasteiger partial charge in [0.2, 0.25) is 0 Å². The van der Waals surface area contributed by atoms with E-state index >= 15 is 0 Å². The van der Waals surface area contributed by atoms with Gasteiger partial charge in [0.1, 0.15) is 10.3 Å². The van der Waals surface area contributed by atoms with Gasteiger partial charge in [-0.3, -0.25) is 0 Å². The van der Waals surface area contributed by atoms with Crippen LogP contribution in [0.1, 0.15) is 12.6 Å². The van der Waals surface area contributed by atoms with Gasteiger partial charge in [0, 0.05) is 11.1 Å². The molecule has 0 fully saturated rings. The van der Waals surface area contributed by atoms with Crippen LogP contribution in [0.5, 0.6) is 0 Å². The summed E-state index contributed by atoms with van der Waals surface area (Å²) >= 11 is 18.6. The van der Waals surface area contributed by atoms with E-state index in [0.29, 0.717) is 26.5 Å². The molecule has 0 spiro atoms. The molecule has 0 radical (unpaired) electrons. The number of aromatic nitrogens is 3. The zero-order valence-corrected chi connectivity index (χ0v) is 12.8. The lowest BCUT2D eigenvalue weighted by Crippen LogP contribution is -1.97. The second-order valence-corrected chi connectivity index (χ2v) is 5.49. The highest BCUT2D eigenvalue weighted by Crippen LogP contribution is 2.34. The molecule has 3 nitrogen and oxygen atoms in total. The van der Waals surface area contributed by atoms with E-state index in [1.54, 1.807) is 16.6 Å². The van der Waals surface area contributed by atoms with Crippen LogP contribution in [0.15, 0.2) is 30.3 Å². The fourth-order valence-corrected chi connectivity index (χ4v) is 2.80. The Morgan fingerprint density at radius 2 is 1.80 bits per heavy atom. The smallest absolute Gasteiger partial charge is 0.158 e. The van der Waals surface area contributed by atoms with Crippen LogP contribution in [-0.4, -0.2) is 14.6 Å². The molecule has 0 aliphatic carbocycles. The van der Waals surface area contributed by atoms with Crippen LogP contribution >= 0.6 is 34.8 Å². The van der Waals surface area contributed by atoms with Crippen molar-refractivity contribution < 1.29 is 0 Å². The molecule has 3 rings (SSSR count). The number of hydrogen-bond donors (Lipinski definition) is 0. The first kappa shape index (κ1) is 13.7. The monoisotopic (exact) mass is 325 g/mol. The molecular formula is C14H10Cl3N3. The van der Waals surface area contributed by atoms with Gasteiger partial charge in [0.25, 0.3) is 0 Å². The lowest BCUT2D eigenvalue weighted by Gasteiger charge is -2.08. The average molecular weight is 327 g/mol. The Kier molecular flexibility index (Phi) is 3.59. The molecule has 0 amide bonds. The van der Waals surface area contributed by atoms with Crippen LogP contribution < -0.4 is 0 Å². The zero-order chi connectivity index (χ0) is 14.3. The quantitative estimate of drug-likeness (QED) is 0.626. The first-order chi connectivity index (χ1) is 9.60. The number of rotatable bonds is 2. The van der Waals surface area contributed by atoms with Gasteiger partial charge in [0.15, 0.2) is 5.65 Å². The second kappa shape index (κ2) is 5.24. The van der Waals surface area contributed by atoms with E-state index in [1.165, 1.54) is 0 Å². The van der Waals surface area contributed by atoms with Gasteiger partial charge < -0.3 is 0 Å². The lowest BCUT2D eigenvalue weighted by atomic mass is 10.1. The molecule has 2 aromatic heterocycles. The summed E-state index contributed by atoms with van der Waals surface area (Å²) in [6.07, 6.45) is 0.813. The lowest BCUT2D eigenvalue weighted by molar-refractivity contribution is 0.889. The summed E-state index contributed by atoms with van der Waals surface area (Å²) in [6.45, 7) is 2.03. The molecule has 0 aliphatic rings. The Balaban J connectivity index is 2.27. The highest BCUT2D eigenvalue weighted by molar-refractivity contribution is 6.38. The van der Waals surface area contributed by atoms with Crippen LogP contribution in [0.2, 0.25) is 15.3 Å². The summed E-state index contributed by atoms with van der Waals surface area (Å²) in [5, 5.41) is 5.87. The molecule has 3 aromatic rings. The molecule has 0 bridgehead atoms. The molecule has 0 aliphatic heterocycles. The largest absolute Gasteiger partial charge is 0.216 e. The standard InChI is InChI=1S/C14H10Cl3N3/c1-2-10-7-11-18-13(16)12(14(17)20(11)19-10)8-3-5-9(15)6-4-8/h3-7H,2H2,1H3. The van der Waals surface area contributed by atoms with Crippen LogP contribution in [0.3, 0.4) is 0 Å². The van der Waals surface area contributed by atoms with Gasteiger partial charge in [0.05, 0.1) is 11.3 Å². The number of nitrogens with zero attached hydrogens (tertiary/aromatic N) is 3. The molecular weight excluding hydrogens is 317 g/mol. The molecule has 20 heavy (non-hydrogen) atoms. The van der Waals surface area contributed by atoms with Crippen LogP contribution in [0, 0.1) is 0 Å². The van der Waals surface area contributed by atoms with Gasteiger partial charge in [-0.15, -0.1) is 0 Å². The third-order valence-corrected chi connectivity index (χ3v) is 3.92. The van der Waals surface area contributed by atoms with E-state index in [9.17, 15) is 0 Å². The summed E-state index contributed by atoms with van der Waals surface area (Å²) in [5.41, 5.74) is 3.08. The second-order valence-electron chi connectivity index (χ2n) is 4.33. The third kappa shape index (κ3) is 2.26. The van der Waals surface area contributed by atoms with Crippen LogP contribution in [-0.2, 0) is 6.42 Å². The van der Waals surface area contributed by atoms with Gasteiger partial charge in [-0.1, -0.05) is 53.9 Å². The Labute approximate surface area is 131 Å². The number of halogens is 3. The highest BCUT2D eigenvalue weighted by atomic mass is 35.5. The normalized spacial score (nSPS) is 11.2. The Morgan fingerprint density at radius 3 is 2.45 bits per heavy atom. The maximum Gasteiger partial charge on any atom is 0.158 e. The topological polar surface area (TPSA) is 30.2 Å². The predicted molar refractivity (Wildman–Crippen MR) is 82.8 cm³/mol. The predicted octanol–water partition coefficient (Wildman–Crippen LogP) is 4.92. The fraction of sp³-hybridized carbons (Fsp3) is 0.143. The first-order valence-corrected chi connectivity index (χ1v) is 7.23. The highest BCUT2D eigenvalue weighted by Gasteiger charge is 2.16. The minimum Gasteiger partial charge on any atom is -0.216 e. The summed E-state index contributed by atoms with van der Waals surface area (Å²) in [7, 11) is 0. The minimum atomic E-state index is 0.354. The van der Waals surface area contributed by atoms with Crippen molar-refractivity contribution in [1.29, 1.82) is 0 Å². The molecule has 6 heteroatoms. The fourth-order valence-electron chi connectivity index (χ4n) is 2.02.